The van der Waals surface area contributed by atoms with E-state index in [1.54, 1.807) is 0 Å². The topological polar surface area (TPSA) is 86.6 Å². The zero-order valence-corrected chi connectivity index (χ0v) is 7.90. The summed E-state index contributed by atoms with van der Waals surface area (Å²) in [4.78, 5) is 19.7. The predicted octanol–water partition coefficient (Wildman–Crippen LogP) is -1.52. The maximum absolute atomic E-state index is 10.1. The maximum Gasteiger partial charge on any atom is 0.323 e. The standard InChI is InChI=1S/C5H8NO4.Fm/c7-2-1-4(5(9)10)6-3-8;/h4,7H,1-2H2,(H,6,8)(H,9,10);/q-1;/t4-;/m0./s1. The minimum absolute atomic E-state index is 0. The minimum atomic E-state index is -1.17. The zero-order valence-electron chi connectivity index (χ0n) is 5.49. The number of hydrogen-bond acceptors (Lipinski definition) is 3. The van der Waals surface area contributed by atoms with Gasteiger partial charge in [-0.3, -0.25) is 4.79 Å². The fourth-order valence-electron chi connectivity index (χ4n) is 0.458. The Bertz CT molecular complexity index is 130. The number of carbonyl (C=O) groups is 1. The van der Waals surface area contributed by atoms with Crippen molar-refractivity contribution >= 4 is 12.4 Å². The molecule has 0 heterocycles. The Kier molecular flexibility index (Phi) is 6.39. The molecular weight excluding hydrogens is 395 g/mol. The van der Waals surface area contributed by atoms with Gasteiger partial charge in [0.25, 0.3) is 0 Å². The monoisotopic (exact) mass is 403 g/mol. The Morgan fingerprint density at radius 2 is 2.18 bits per heavy atom. The third-order valence-corrected chi connectivity index (χ3v) is 0.949. The van der Waals surface area contributed by atoms with Gasteiger partial charge in [0.1, 0.15) is 0 Å². The van der Waals surface area contributed by atoms with Gasteiger partial charge in [0, 0.05) is 6.61 Å². The molecule has 1 atom stereocenters. The van der Waals surface area contributed by atoms with Crippen LogP contribution in [0.3, 0.4) is 0 Å². The average molecular weight is 403 g/mol. The SMILES string of the molecule is O=[C-]N[C@@H](CCO)C(=O)O.[Fm]. The summed E-state index contributed by atoms with van der Waals surface area (Å²) in [7, 11) is 0. The summed E-state index contributed by atoms with van der Waals surface area (Å²) in [5.41, 5.74) is 0. The van der Waals surface area contributed by atoms with Gasteiger partial charge >= 0.3 is 5.97 Å². The van der Waals surface area contributed by atoms with Crippen molar-refractivity contribution in [3.8, 4) is 0 Å². The van der Waals surface area contributed by atoms with Crippen LogP contribution in [0.4, 0.5) is 0 Å². The van der Waals surface area contributed by atoms with Crippen LogP contribution in [0.15, 0.2) is 0 Å². The van der Waals surface area contributed by atoms with E-state index in [2.05, 4.69) is 0 Å². The fourth-order valence-corrected chi connectivity index (χ4v) is 0.458. The van der Waals surface area contributed by atoms with Gasteiger partial charge in [0.05, 0.1) is 6.04 Å². The number of aliphatic hydroxyl groups is 1. The van der Waals surface area contributed by atoms with Gasteiger partial charge < -0.3 is 20.3 Å². The van der Waals surface area contributed by atoms with Gasteiger partial charge in [0.15, 0.2) is 0 Å². The molecule has 1 amide bonds. The van der Waals surface area contributed by atoms with E-state index in [9.17, 15) is 9.59 Å². The minimum Gasteiger partial charge on any atom is -0.520 e. The molecular formula is C5H8FmNO4-. The van der Waals surface area contributed by atoms with E-state index < -0.39 is 12.0 Å². The van der Waals surface area contributed by atoms with Gasteiger partial charge in [-0.2, -0.15) is 6.41 Å². The van der Waals surface area contributed by atoms with E-state index in [1.807, 2.05) is 5.32 Å². The Balaban J connectivity index is 0. The summed E-state index contributed by atoms with van der Waals surface area (Å²) in [5, 5.41) is 18.5. The molecule has 3 N–H and O–H groups in total. The first kappa shape index (κ1) is 11.7. The maximum atomic E-state index is 10.1. The van der Waals surface area contributed by atoms with Crippen LogP contribution < -0.4 is 5.32 Å². The number of carbonyl (C=O) groups excluding carboxylic acids is 1. The van der Waals surface area contributed by atoms with Crippen molar-refractivity contribution < 1.29 is 19.8 Å². The van der Waals surface area contributed by atoms with Crippen molar-refractivity contribution in [1.82, 2.24) is 5.32 Å². The first-order chi connectivity index (χ1) is 4.72. The Morgan fingerprint density at radius 3 is 2.45 bits per heavy atom. The van der Waals surface area contributed by atoms with Crippen molar-refractivity contribution in [2.24, 2.45) is 0 Å². The molecule has 0 aliphatic carbocycles. The Labute approximate surface area is 57.7 Å². The third-order valence-electron chi connectivity index (χ3n) is 0.949. The van der Waals surface area contributed by atoms with Gasteiger partial charge in [-0.1, -0.05) is 0 Å². The quantitative estimate of drug-likeness (QED) is 0.385. The number of aliphatic carboxylic acids is 1. The average Bonchev–Trinajstić information content (AvgIpc) is 1.87. The third kappa shape index (κ3) is 4.41. The van der Waals surface area contributed by atoms with Gasteiger partial charge in [0.2, 0.25) is 0 Å². The van der Waals surface area contributed by atoms with Gasteiger partial charge in [-0.25, -0.2) is 0 Å². The van der Waals surface area contributed by atoms with E-state index in [-0.39, 0.29) is 13.0 Å². The van der Waals surface area contributed by atoms with Crippen molar-refractivity contribution in [3.05, 3.63) is 0 Å². The van der Waals surface area contributed by atoms with E-state index in [0.717, 1.165) is 0 Å². The molecule has 0 spiro atoms. The number of carboxylic acid groups (broad SMARTS) is 1. The van der Waals surface area contributed by atoms with E-state index in [0.29, 0.717) is 0 Å². The van der Waals surface area contributed by atoms with E-state index in [1.165, 1.54) is 6.41 Å². The molecule has 0 radical (unpaired) electrons. The molecule has 0 saturated carbocycles. The predicted molar refractivity (Wildman–Crippen MR) is 32.0 cm³/mol. The number of aliphatic hydroxyl groups excluding tert-OH is 1. The Hall–Kier alpha value is -2.10. The van der Waals surface area contributed by atoms with Gasteiger partial charge in [-0.15, -0.1) is 0 Å². The number of amides is 1. The summed E-state index contributed by atoms with van der Waals surface area (Å²) in [5.74, 6) is -1.17. The first-order valence-electron chi connectivity index (χ1n) is 2.68. The number of hydrogen-bond donors (Lipinski definition) is 3. The van der Waals surface area contributed by atoms with Crippen LogP contribution in [-0.4, -0.2) is 35.2 Å². The summed E-state index contributed by atoms with van der Waals surface area (Å²) >= 11 is 0. The number of nitrogens with one attached hydrogen (secondary N) is 1. The second-order valence-corrected chi connectivity index (χ2v) is 1.65. The molecule has 0 aliphatic heterocycles. The molecule has 11 heavy (non-hydrogen) atoms. The van der Waals surface area contributed by atoms with Crippen LogP contribution in [0.5, 0.6) is 0 Å². The number of rotatable bonds is 5. The second kappa shape index (κ2) is 6.03. The summed E-state index contributed by atoms with van der Waals surface area (Å²) < 4.78 is 0. The second-order valence-electron chi connectivity index (χ2n) is 1.65. The Morgan fingerprint density at radius 1 is 1.64 bits per heavy atom. The fraction of sp³-hybridized carbons (Fsp3) is 0.600. The van der Waals surface area contributed by atoms with Crippen molar-refractivity contribution in [1.29, 1.82) is 0 Å². The van der Waals surface area contributed by atoms with Crippen LogP contribution in [-0.2, 0) is 9.59 Å². The van der Waals surface area contributed by atoms with Crippen molar-refractivity contribution in [2.75, 3.05) is 6.61 Å². The van der Waals surface area contributed by atoms with Crippen molar-refractivity contribution in [2.45, 2.75) is 12.5 Å². The molecule has 0 rings (SSSR count). The molecule has 0 bridgehead atoms. The molecule has 5 nitrogen and oxygen atoms in total. The molecule has 0 unspecified atom stereocenters. The van der Waals surface area contributed by atoms with E-state index >= 15 is 0 Å². The van der Waals surface area contributed by atoms with Gasteiger partial charge in [-0.05, 0) is 6.42 Å². The van der Waals surface area contributed by atoms with E-state index in [4.69, 9.17) is 10.2 Å². The summed E-state index contributed by atoms with van der Waals surface area (Å²) in [6.07, 6.45) is 1.25. The van der Waals surface area contributed by atoms with Crippen molar-refractivity contribution in [3.63, 3.8) is 0 Å². The van der Waals surface area contributed by atoms with Crippen LogP contribution in [0.1, 0.15) is 6.42 Å². The van der Waals surface area contributed by atoms with Crippen LogP contribution in [0.2, 0.25) is 0 Å². The molecule has 0 aromatic rings. The zero-order chi connectivity index (χ0) is 7.98. The van der Waals surface area contributed by atoms with Crippen LogP contribution in [0, 0.1) is 0 Å². The molecule has 6 heteroatoms. The van der Waals surface area contributed by atoms with Crippen LogP contribution in [0.25, 0.3) is 0 Å². The first-order valence-corrected chi connectivity index (χ1v) is 2.68. The molecule has 0 fully saturated rings. The summed E-state index contributed by atoms with van der Waals surface area (Å²) in [6, 6.07) is -1.03. The summed E-state index contributed by atoms with van der Waals surface area (Å²) in [6.45, 7) is -0.272. The van der Waals surface area contributed by atoms with Crippen LogP contribution >= 0.6 is 0 Å². The molecule has 0 aliphatic rings. The number of carboxylic acids is 1. The molecule has 70 valence electrons. The molecule has 0 aromatic heterocycles. The molecule has 0 saturated heterocycles. The normalized spacial score (nSPS) is 11.0. The smallest absolute Gasteiger partial charge is 0.323 e. The largest absolute Gasteiger partial charge is 0.520 e. The molecule has 0 aromatic carbocycles.